The molecule has 188 valence electrons. The third-order valence-electron chi connectivity index (χ3n) is 7.06. The summed E-state index contributed by atoms with van der Waals surface area (Å²) in [5.41, 5.74) is 4.51. The summed E-state index contributed by atoms with van der Waals surface area (Å²) < 4.78 is 11.5. The molecule has 6 nitrogen and oxygen atoms in total. The molecule has 0 saturated heterocycles. The predicted octanol–water partition coefficient (Wildman–Crippen LogP) is 7.35. The third-order valence-corrected chi connectivity index (χ3v) is 7.40. The van der Waals surface area contributed by atoms with Gasteiger partial charge in [0.25, 0.3) is 0 Å². The van der Waals surface area contributed by atoms with E-state index in [1.807, 2.05) is 60.7 Å². The number of hydrogen-bond acceptors (Lipinski definition) is 4. The van der Waals surface area contributed by atoms with Crippen LogP contribution in [0.3, 0.4) is 0 Å². The number of carbonyl (C=O) groups is 2. The molecule has 1 heterocycles. The molecule has 1 aromatic heterocycles. The smallest absolute Gasteiger partial charge is 0.412 e. The van der Waals surface area contributed by atoms with Crippen molar-refractivity contribution in [2.45, 2.75) is 25.9 Å². The Hall–Kier alpha value is -4.47. The molecule has 1 atom stereocenters. The highest BCUT2D eigenvalue weighted by Crippen LogP contribution is 2.55. The van der Waals surface area contributed by atoms with E-state index < -0.39 is 23.6 Å². The number of carboxylic acids is 1. The van der Waals surface area contributed by atoms with Crippen molar-refractivity contribution in [2.75, 3.05) is 5.32 Å². The van der Waals surface area contributed by atoms with E-state index in [4.69, 9.17) is 20.8 Å². The van der Waals surface area contributed by atoms with Crippen molar-refractivity contribution in [3.63, 3.8) is 0 Å². The molecule has 6 rings (SSSR count). The first kappa shape index (κ1) is 23.9. The van der Waals surface area contributed by atoms with Gasteiger partial charge in [-0.1, -0.05) is 47.9 Å². The summed E-state index contributed by atoms with van der Waals surface area (Å²) >= 11 is 6.25. The van der Waals surface area contributed by atoms with Gasteiger partial charge in [-0.05, 0) is 84.9 Å². The summed E-state index contributed by atoms with van der Waals surface area (Å²) in [6.45, 7) is 1.75. The van der Waals surface area contributed by atoms with Crippen LogP contribution in [0.5, 0.6) is 0 Å². The molecule has 2 N–H and O–H groups in total. The Labute approximate surface area is 223 Å². The largest absolute Gasteiger partial charge is 0.481 e. The average molecular weight is 524 g/mol. The lowest BCUT2D eigenvalue weighted by Crippen LogP contribution is -2.16. The summed E-state index contributed by atoms with van der Waals surface area (Å²) in [6.07, 6.45) is 7.86. The van der Waals surface area contributed by atoms with Gasteiger partial charge in [-0.2, -0.15) is 0 Å². The number of hydrogen-bond donors (Lipinski definition) is 2. The Bertz CT molecular complexity index is 1700. The Morgan fingerprint density at radius 1 is 1.03 bits per heavy atom. The first-order valence-electron chi connectivity index (χ1n) is 12.2. The Morgan fingerprint density at radius 2 is 1.76 bits per heavy atom. The van der Waals surface area contributed by atoms with E-state index in [9.17, 15) is 14.7 Å². The minimum absolute atomic E-state index is 0.304. The van der Waals surface area contributed by atoms with Gasteiger partial charge in [-0.15, -0.1) is 0 Å². The maximum Gasteiger partial charge on any atom is 0.412 e. The zero-order valence-electron chi connectivity index (χ0n) is 20.4. The molecule has 1 amide bonds. The van der Waals surface area contributed by atoms with Crippen molar-refractivity contribution in [1.82, 2.24) is 0 Å². The standard InChI is InChI=1S/C31H22ClNO5/c1-18(23-6-2-4-8-25(23)32)37-30(36)33-28-24-7-3-5-9-26(24)38-27(28)11-10-19-14-20-16-22(17-21(20)15-19)31(12-13-31)29(34)35/h2-9,14-18H,12-13H2,1H3,(H,33,36)(H,34,35). The van der Waals surface area contributed by atoms with E-state index in [0.717, 1.165) is 22.3 Å². The number of halogens is 1. The molecule has 3 aliphatic rings. The maximum absolute atomic E-state index is 12.8. The van der Waals surface area contributed by atoms with Crippen LogP contribution < -0.4 is 5.32 Å². The zero-order valence-corrected chi connectivity index (χ0v) is 21.1. The zero-order chi connectivity index (χ0) is 26.4. The molecule has 2 aromatic carbocycles. The number of para-hydroxylation sites is 1. The van der Waals surface area contributed by atoms with Crippen LogP contribution in [-0.4, -0.2) is 17.2 Å². The Kier molecular flexibility index (Phi) is 5.74. The monoisotopic (exact) mass is 523 g/mol. The number of furan rings is 1. The lowest BCUT2D eigenvalue weighted by atomic mass is 9.96. The molecule has 0 aliphatic heterocycles. The van der Waals surface area contributed by atoms with Crippen LogP contribution in [0.1, 0.15) is 37.2 Å². The SMILES string of the molecule is CC(OC(=O)Nc1c(C#CC2=CC3=CC(C4(C(=O)O)CC4)=CC3=C2)oc2ccccc12)c1ccccc1Cl. The molecule has 7 heteroatoms. The van der Waals surface area contributed by atoms with Crippen LogP contribution in [0.15, 0.2) is 99.5 Å². The molecule has 1 fully saturated rings. The molecule has 3 aliphatic carbocycles. The molecule has 0 spiro atoms. The van der Waals surface area contributed by atoms with Crippen molar-refractivity contribution in [1.29, 1.82) is 0 Å². The molecule has 3 aromatic rings. The first-order chi connectivity index (χ1) is 18.3. The molecule has 0 bridgehead atoms. The van der Waals surface area contributed by atoms with Crippen molar-refractivity contribution in [3.05, 3.63) is 111 Å². The maximum atomic E-state index is 12.8. The lowest BCUT2D eigenvalue weighted by Gasteiger charge is -2.15. The third kappa shape index (κ3) is 4.21. The van der Waals surface area contributed by atoms with Crippen molar-refractivity contribution in [2.24, 2.45) is 5.41 Å². The fourth-order valence-corrected chi connectivity index (χ4v) is 5.11. The summed E-state index contributed by atoms with van der Waals surface area (Å²) in [5, 5.41) is 13.6. The molecular weight excluding hydrogens is 502 g/mol. The van der Waals surface area contributed by atoms with Crippen molar-refractivity contribution < 1.29 is 23.8 Å². The van der Waals surface area contributed by atoms with Crippen LogP contribution in [0.2, 0.25) is 5.02 Å². The average Bonchev–Trinajstić information content (AvgIpc) is 3.32. The second-order valence-electron chi connectivity index (χ2n) is 9.53. The number of carbonyl (C=O) groups excluding carboxylic acids is 1. The summed E-state index contributed by atoms with van der Waals surface area (Å²) in [5.74, 6) is 5.69. The van der Waals surface area contributed by atoms with Gasteiger partial charge < -0.3 is 14.3 Å². The fourth-order valence-electron chi connectivity index (χ4n) is 4.82. The van der Waals surface area contributed by atoms with E-state index in [2.05, 4.69) is 17.2 Å². The second-order valence-corrected chi connectivity index (χ2v) is 9.94. The van der Waals surface area contributed by atoms with Gasteiger partial charge in [-0.3, -0.25) is 10.1 Å². The second kappa shape index (κ2) is 9.13. The number of ether oxygens (including phenoxy) is 1. The van der Waals surface area contributed by atoms with E-state index in [-0.39, 0.29) is 0 Å². The number of benzene rings is 2. The Balaban J connectivity index is 1.23. The number of allylic oxidation sites excluding steroid dienone is 7. The van der Waals surface area contributed by atoms with Gasteiger partial charge in [0.15, 0.2) is 0 Å². The van der Waals surface area contributed by atoms with Gasteiger partial charge in [-0.25, -0.2) is 4.79 Å². The number of aliphatic carboxylic acids is 1. The molecule has 38 heavy (non-hydrogen) atoms. The van der Waals surface area contributed by atoms with E-state index in [1.54, 1.807) is 19.1 Å². The number of amides is 1. The molecule has 0 radical (unpaired) electrons. The Morgan fingerprint density at radius 3 is 2.50 bits per heavy atom. The number of anilines is 1. The highest BCUT2D eigenvalue weighted by molar-refractivity contribution is 6.31. The van der Waals surface area contributed by atoms with E-state index in [1.165, 1.54) is 0 Å². The van der Waals surface area contributed by atoms with Gasteiger partial charge in [0, 0.05) is 21.5 Å². The topological polar surface area (TPSA) is 88.8 Å². The normalized spacial score (nSPS) is 17.3. The molecule has 1 saturated carbocycles. The summed E-state index contributed by atoms with van der Waals surface area (Å²) in [4.78, 5) is 24.5. The van der Waals surface area contributed by atoms with Crippen LogP contribution in [0.25, 0.3) is 11.0 Å². The van der Waals surface area contributed by atoms with Crippen molar-refractivity contribution >= 4 is 40.3 Å². The van der Waals surface area contributed by atoms with Gasteiger partial charge >= 0.3 is 12.1 Å². The quantitative estimate of drug-likeness (QED) is 0.341. The summed E-state index contributed by atoms with van der Waals surface area (Å²) in [7, 11) is 0. The minimum Gasteiger partial charge on any atom is -0.481 e. The summed E-state index contributed by atoms with van der Waals surface area (Å²) in [6, 6.07) is 14.5. The van der Waals surface area contributed by atoms with Crippen LogP contribution >= 0.6 is 11.6 Å². The van der Waals surface area contributed by atoms with E-state index in [0.29, 0.717) is 45.8 Å². The minimum atomic E-state index is -0.769. The van der Waals surface area contributed by atoms with Crippen LogP contribution in [0, 0.1) is 17.3 Å². The first-order valence-corrected chi connectivity index (χ1v) is 12.6. The van der Waals surface area contributed by atoms with Crippen LogP contribution in [0.4, 0.5) is 10.5 Å². The van der Waals surface area contributed by atoms with Crippen LogP contribution in [-0.2, 0) is 9.53 Å². The van der Waals surface area contributed by atoms with Gasteiger partial charge in [0.05, 0.1) is 5.41 Å². The number of nitrogens with one attached hydrogen (secondary N) is 1. The number of fused-ring (bicyclic) bond motifs is 2. The lowest BCUT2D eigenvalue weighted by molar-refractivity contribution is -0.141. The number of carboxylic acid groups (broad SMARTS) is 1. The fraction of sp³-hybridized carbons (Fsp3) is 0.161. The molecular formula is C31H22ClNO5. The van der Waals surface area contributed by atoms with Gasteiger partial charge in [0.2, 0.25) is 5.76 Å². The predicted molar refractivity (Wildman–Crippen MR) is 145 cm³/mol. The van der Waals surface area contributed by atoms with Crippen molar-refractivity contribution in [3.8, 4) is 11.8 Å². The van der Waals surface area contributed by atoms with Gasteiger partial charge in [0.1, 0.15) is 17.4 Å². The molecule has 1 unspecified atom stereocenters. The highest BCUT2D eigenvalue weighted by Gasteiger charge is 2.53. The highest BCUT2D eigenvalue weighted by atomic mass is 35.5. The van der Waals surface area contributed by atoms with E-state index >= 15 is 0 Å². The number of rotatable bonds is 5.